The molecule has 84 valence electrons. The van der Waals surface area contributed by atoms with Crippen LogP contribution in [0.3, 0.4) is 0 Å². The van der Waals surface area contributed by atoms with Gasteiger partial charge in [0, 0.05) is 6.20 Å². The monoisotopic (exact) mass is 216 g/mol. The average molecular weight is 216 g/mol. The van der Waals surface area contributed by atoms with Crippen LogP contribution in [-0.2, 0) is 11.2 Å². The van der Waals surface area contributed by atoms with Gasteiger partial charge in [0.15, 0.2) is 0 Å². The molecule has 0 aliphatic heterocycles. The van der Waals surface area contributed by atoms with Gasteiger partial charge in [-0.15, -0.1) is 6.42 Å². The molecule has 1 aromatic heterocycles. The lowest BCUT2D eigenvalue weighted by Crippen LogP contribution is -2.43. The second-order valence-corrected chi connectivity index (χ2v) is 4.26. The molecule has 0 fully saturated rings. The van der Waals surface area contributed by atoms with Gasteiger partial charge >= 0.3 is 0 Å². The summed E-state index contributed by atoms with van der Waals surface area (Å²) in [7, 11) is 0. The van der Waals surface area contributed by atoms with Crippen LogP contribution in [0, 0.1) is 19.3 Å². The van der Waals surface area contributed by atoms with Crippen molar-refractivity contribution in [3.05, 3.63) is 29.6 Å². The Hall–Kier alpha value is -1.82. The van der Waals surface area contributed by atoms with Crippen molar-refractivity contribution in [2.24, 2.45) is 0 Å². The molecular weight excluding hydrogens is 200 g/mol. The van der Waals surface area contributed by atoms with Crippen LogP contribution in [0.15, 0.2) is 18.3 Å². The van der Waals surface area contributed by atoms with Crippen LogP contribution in [0.5, 0.6) is 0 Å². The smallest absolute Gasteiger partial charge is 0.227 e. The lowest BCUT2D eigenvalue weighted by Gasteiger charge is -2.19. The minimum Gasteiger partial charge on any atom is -0.340 e. The van der Waals surface area contributed by atoms with E-state index in [9.17, 15) is 4.79 Å². The number of rotatable bonds is 3. The highest BCUT2D eigenvalue weighted by atomic mass is 16.1. The molecule has 1 heterocycles. The third-order valence-corrected chi connectivity index (χ3v) is 2.26. The number of carbonyl (C=O) groups is 1. The zero-order valence-corrected chi connectivity index (χ0v) is 9.87. The Morgan fingerprint density at radius 2 is 2.31 bits per heavy atom. The first-order valence-corrected chi connectivity index (χ1v) is 5.14. The summed E-state index contributed by atoms with van der Waals surface area (Å²) in [6.07, 6.45) is 7.24. The molecule has 3 nitrogen and oxygen atoms in total. The number of amides is 1. The molecule has 16 heavy (non-hydrogen) atoms. The summed E-state index contributed by atoms with van der Waals surface area (Å²) in [4.78, 5) is 15.9. The van der Waals surface area contributed by atoms with Crippen LogP contribution in [0.2, 0.25) is 0 Å². The van der Waals surface area contributed by atoms with E-state index in [0.29, 0.717) is 0 Å². The van der Waals surface area contributed by atoms with Gasteiger partial charge in [-0.2, -0.15) is 0 Å². The average Bonchev–Trinajstić information content (AvgIpc) is 2.21. The lowest BCUT2D eigenvalue weighted by atomic mass is 10.1. The van der Waals surface area contributed by atoms with Gasteiger partial charge in [-0.25, -0.2) is 0 Å². The summed E-state index contributed by atoms with van der Waals surface area (Å²) >= 11 is 0. The molecule has 0 bridgehead atoms. The standard InChI is InChI=1S/C13H16N2O/c1-5-13(3,4)15-12(16)9-11-10(2)7-6-8-14-11/h1,6-8H,9H2,2-4H3,(H,15,16). The fourth-order valence-corrected chi connectivity index (χ4v) is 1.28. The largest absolute Gasteiger partial charge is 0.340 e. The van der Waals surface area contributed by atoms with Crippen molar-refractivity contribution in [3.8, 4) is 12.3 Å². The maximum Gasteiger partial charge on any atom is 0.227 e. The maximum atomic E-state index is 11.7. The summed E-state index contributed by atoms with van der Waals surface area (Å²) in [5.41, 5.74) is 1.18. The van der Waals surface area contributed by atoms with Gasteiger partial charge in [0.2, 0.25) is 5.91 Å². The quantitative estimate of drug-likeness (QED) is 0.777. The van der Waals surface area contributed by atoms with Gasteiger partial charge in [-0.1, -0.05) is 12.0 Å². The summed E-state index contributed by atoms with van der Waals surface area (Å²) < 4.78 is 0. The zero-order valence-electron chi connectivity index (χ0n) is 9.87. The Morgan fingerprint density at radius 1 is 1.62 bits per heavy atom. The molecule has 0 saturated carbocycles. The molecule has 0 saturated heterocycles. The molecule has 0 aliphatic rings. The van der Waals surface area contributed by atoms with E-state index in [1.54, 1.807) is 20.0 Å². The number of hydrogen-bond donors (Lipinski definition) is 1. The van der Waals surface area contributed by atoms with Crippen molar-refractivity contribution in [2.75, 3.05) is 0 Å². The SMILES string of the molecule is C#CC(C)(C)NC(=O)Cc1ncccc1C. The molecule has 1 rings (SSSR count). The fraction of sp³-hybridized carbons (Fsp3) is 0.385. The van der Waals surface area contributed by atoms with Crippen molar-refractivity contribution in [1.29, 1.82) is 0 Å². The van der Waals surface area contributed by atoms with Crippen molar-refractivity contribution >= 4 is 5.91 Å². The van der Waals surface area contributed by atoms with E-state index in [2.05, 4.69) is 16.2 Å². The van der Waals surface area contributed by atoms with Gasteiger partial charge in [0.1, 0.15) is 0 Å². The van der Waals surface area contributed by atoms with Crippen molar-refractivity contribution in [2.45, 2.75) is 32.7 Å². The first-order valence-electron chi connectivity index (χ1n) is 5.14. The van der Waals surface area contributed by atoms with Gasteiger partial charge in [-0.3, -0.25) is 9.78 Å². The van der Waals surface area contributed by atoms with E-state index < -0.39 is 5.54 Å². The predicted octanol–water partition coefficient (Wildman–Crippen LogP) is 1.46. The first-order chi connectivity index (χ1) is 7.44. The summed E-state index contributed by atoms with van der Waals surface area (Å²) in [6, 6.07) is 3.78. The highest BCUT2D eigenvalue weighted by Crippen LogP contribution is 2.05. The topological polar surface area (TPSA) is 42.0 Å². The third kappa shape index (κ3) is 3.39. The molecule has 0 aromatic carbocycles. The van der Waals surface area contributed by atoms with E-state index in [1.807, 2.05) is 19.1 Å². The van der Waals surface area contributed by atoms with E-state index in [0.717, 1.165) is 11.3 Å². The number of hydrogen-bond acceptors (Lipinski definition) is 2. The van der Waals surface area contributed by atoms with Gasteiger partial charge < -0.3 is 5.32 Å². The van der Waals surface area contributed by atoms with Crippen LogP contribution in [0.4, 0.5) is 0 Å². The van der Waals surface area contributed by atoms with E-state index in [-0.39, 0.29) is 12.3 Å². The van der Waals surface area contributed by atoms with E-state index in [4.69, 9.17) is 6.42 Å². The summed E-state index contributed by atoms with van der Waals surface area (Å²) in [5.74, 6) is 2.41. The number of aromatic nitrogens is 1. The minimum atomic E-state index is -0.611. The molecule has 0 radical (unpaired) electrons. The highest BCUT2D eigenvalue weighted by molar-refractivity contribution is 5.79. The predicted molar refractivity (Wildman–Crippen MR) is 63.7 cm³/mol. The Morgan fingerprint density at radius 3 is 2.88 bits per heavy atom. The van der Waals surface area contributed by atoms with Crippen molar-refractivity contribution in [1.82, 2.24) is 10.3 Å². The number of carbonyl (C=O) groups excluding carboxylic acids is 1. The molecule has 0 aliphatic carbocycles. The zero-order chi connectivity index (χ0) is 12.2. The molecule has 0 spiro atoms. The highest BCUT2D eigenvalue weighted by Gasteiger charge is 2.17. The van der Waals surface area contributed by atoms with Crippen LogP contribution in [-0.4, -0.2) is 16.4 Å². The van der Waals surface area contributed by atoms with Crippen LogP contribution in [0.1, 0.15) is 25.1 Å². The van der Waals surface area contributed by atoms with Gasteiger partial charge in [0.25, 0.3) is 0 Å². The van der Waals surface area contributed by atoms with Gasteiger partial charge in [-0.05, 0) is 32.4 Å². The summed E-state index contributed by atoms with van der Waals surface area (Å²) in [6.45, 7) is 5.51. The Labute approximate surface area is 96.3 Å². The number of terminal acetylenes is 1. The number of pyridine rings is 1. The van der Waals surface area contributed by atoms with Crippen LogP contribution in [0.25, 0.3) is 0 Å². The Kier molecular flexibility index (Phi) is 3.68. The van der Waals surface area contributed by atoms with Crippen LogP contribution >= 0.6 is 0 Å². The Bertz CT molecular complexity index is 430. The van der Waals surface area contributed by atoms with E-state index >= 15 is 0 Å². The Balaban J connectivity index is 2.67. The fourth-order valence-electron chi connectivity index (χ4n) is 1.28. The second-order valence-electron chi connectivity index (χ2n) is 4.26. The lowest BCUT2D eigenvalue weighted by molar-refractivity contribution is -0.121. The van der Waals surface area contributed by atoms with E-state index in [1.165, 1.54) is 0 Å². The van der Waals surface area contributed by atoms with Crippen molar-refractivity contribution in [3.63, 3.8) is 0 Å². The van der Waals surface area contributed by atoms with Crippen LogP contribution < -0.4 is 5.32 Å². The number of nitrogens with one attached hydrogen (secondary N) is 1. The molecule has 1 amide bonds. The van der Waals surface area contributed by atoms with Crippen molar-refractivity contribution < 1.29 is 4.79 Å². The summed E-state index contributed by atoms with van der Waals surface area (Å²) in [5, 5.41) is 2.77. The van der Waals surface area contributed by atoms with Gasteiger partial charge in [0.05, 0.1) is 17.7 Å². The molecule has 1 aromatic rings. The number of nitrogens with zero attached hydrogens (tertiary/aromatic N) is 1. The molecule has 0 unspecified atom stereocenters. The molecule has 3 heteroatoms. The maximum absolute atomic E-state index is 11.7. The molecule has 0 atom stereocenters. The number of aryl methyl sites for hydroxylation is 1. The third-order valence-electron chi connectivity index (χ3n) is 2.26. The molecular formula is C13H16N2O. The minimum absolute atomic E-state index is 0.107. The molecule has 1 N–H and O–H groups in total. The second kappa shape index (κ2) is 4.80. The first kappa shape index (κ1) is 12.3. The normalized spacial score (nSPS) is 10.6.